The first kappa shape index (κ1) is 11.9. The van der Waals surface area contributed by atoms with Crippen molar-refractivity contribution in [2.45, 2.75) is 31.8 Å². The molecular formula is C11H18ClN3O. The van der Waals surface area contributed by atoms with Crippen molar-refractivity contribution in [3.8, 4) is 0 Å². The summed E-state index contributed by atoms with van der Waals surface area (Å²) in [5, 5.41) is 17.9. The second-order valence-corrected chi connectivity index (χ2v) is 4.91. The van der Waals surface area contributed by atoms with Gasteiger partial charge in [0.1, 0.15) is 0 Å². The molecule has 0 bridgehead atoms. The molecule has 5 heteroatoms. The summed E-state index contributed by atoms with van der Waals surface area (Å²) in [6.07, 6.45) is 5.79. The average Bonchev–Trinajstić information content (AvgIpc) is 3.04. The molecule has 2 N–H and O–H groups in total. The van der Waals surface area contributed by atoms with E-state index in [0.29, 0.717) is 17.5 Å². The summed E-state index contributed by atoms with van der Waals surface area (Å²) in [4.78, 5) is 0. The van der Waals surface area contributed by atoms with Gasteiger partial charge in [0.15, 0.2) is 0 Å². The highest BCUT2D eigenvalue weighted by molar-refractivity contribution is 6.30. The Morgan fingerprint density at radius 2 is 2.44 bits per heavy atom. The number of nitrogens with one attached hydrogen (secondary N) is 1. The van der Waals surface area contributed by atoms with E-state index >= 15 is 0 Å². The number of hydrogen-bond donors (Lipinski definition) is 2. The minimum Gasteiger partial charge on any atom is -0.394 e. The van der Waals surface area contributed by atoms with E-state index < -0.39 is 0 Å². The van der Waals surface area contributed by atoms with Gasteiger partial charge in [-0.1, -0.05) is 18.5 Å². The molecule has 90 valence electrons. The summed E-state index contributed by atoms with van der Waals surface area (Å²) in [6, 6.07) is 0. The van der Waals surface area contributed by atoms with Gasteiger partial charge in [-0.3, -0.25) is 4.68 Å². The highest BCUT2D eigenvalue weighted by atomic mass is 35.5. The third-order valence-corrected chi connectivity index (χ3v) is 3.41. The SMILES string of the molecule is CCNC(CO)(Cn1cc(Cl)cn1)C1CC1. The molecule has 0 amide bonds. The lowest BCUT2D eigenvalue weighted by molar-refractivity contribution is 0.120. The summed E-state index contributed by atoms with van der Waals surface area (Å²) in [6.45, 7) is 3.73. The molecule has 1 saturated carbocycles. The number of nitrogens with zero attached hydrogens (tertiary/aromatic N) is 2. The molecule has 16 heavy (non-hydrogen) atoms. The number of hydrogen-bond acceptors (Lipinski definition) is 3. The number of halogens is 1. The quantitative estimate of drug-likeness (QED) is 0.792. The fourth-order valence-electron chi connectivity index (χ4n) is 2.27. The van der Waals surface area contributed by atoms with Gasteiger partial charge in [0.05, 0.1) is 29.9 Å². The first-order chi connectivity index (χ1) is 7.70. The highest BCUT2D eigenvalue weighted by Gasteiger charge is 2.44. The largest absolute Gasteiger partial charge is 0.394 e. The zero-order valence-corrected chi connectivity index (χ0v) is 10.2. The number of rotatable bonds is 6. The van der Waals surface area contributed by atoms with Crippen LogP contribution in [0.15, 0.2) is 12.4 Å². The van der Waals surface area contributed by atoms with Crippen molar-refractivity contribution >= 4 is 11.6 Å². The summed E-state index contributed by atoms with van der Waals surface area (Å²) in [5.41, 5.74) is -0.232. The van der Waals surface area contributed by atoms with Gasteiger partial charge in [0.2, 0.25) is 0 Å². The maximum absolute atomic E-state index is 9.65. The standard InChI is InChI=1S/C11H18ClN3O/c1-2-13-11(8-16,9-3-4-9)7-15-6-10(12)5-14-15/h5-6,9,13,16H,2-4,7-8H2,1H3. The predicted molar refractivity (Wildman–Crippen MR) is 63.5 cm³/mol. The average molecular weight is 244 g/mol. The minimum atomic E-state index is -0.232. The molecule has 2 rings (SSSR count). The molecule has 0 spiro atoms. The molecule has 1 fully saturated rings. The maximum Gasteiger partial charge on any atom is 0.0785 e. The molecule has 4 nitrogen and oxygen atoms in total. The fraction of sp³-hybridized carbons (Fsp3) is 0.727. The molecule has 0 radical (unpaired) electrons. The molecule has 1 unspecified atom stereocenters. The zero-order chi connectivity index (χ0) is 11.6. The molecule has 0 saturated heterocycles. The Labute approximate surface area is 101 Å². The molecule has 1 aliphatic rings. The lowest BCUT2D eigenvalue weighted by Crippen LogP contribution is -2.53. The van der Waals surface area contributed by atoms with Crippen molar-refractivity contribution in [3.63, 3.8) is 0 Å². The van der Waals surface area contributed by atoms with Gasteiger partial charge in [0, 0.05) is 6.20 Å². The maximum atomic E-state index is 9.65. The third-order valence-electron chi connectivity index (χ3n) is 3.22. The van der Waals surface area contributed by atoms with E-state index in [4.69, 9.17) is 11.6 Å². The van der Waals surface area contributed by atoms with Crippen molar-refractivity contribution in [1.29, 1.82) is 0 Å². The number of aliphatic hydroxyl groups is 1. The Hall–Kier alpha value is -0.580. The molecule has 0 aromatic carbocycles. The van der Waals surface area contributed by atoms with E-state index in [1.165, 1.54) is 12.8 Å². The summed E-state index contributed by atoms with van der Waals surface area (Å²) in [7, 11) is 0. The topological polar surface area (TPSA) is 50.1 Å². The second-order valence-electron chi connectivity index (χ2n) is 4.47. The van der Waals surface area contributed by atoms with Gasteiger partial charge in [-0.15, -0.1) is 0 Å². The van der Waals surface area contributed by atoms with Crippen LogP contribution in [0, 0.1) is 5.92 Å². The van der Waals surface area contributed by atoms with Gasteiger partial charge < -0.3 is 10.4 Å². The molecule has 1 aromatic heterocycles. The van der Waals surface area contributed by atoms with Gasteiger partial charge in [-0.05, 0) is 25.3 Å². The Morgan fingerprint density at radius 1 is 1.69 bits per heavy atom. The van der Waals surface area contributed by atoms with Crippen molar-refractivity contribution in [3.05, 3.63) is 17.4 Å². The van der Waals surface area contributed by atoms with Crippen LogP contribution in [0.25, 0.3) is 0 Å². The van der Waals surface area contributed by atoms with Crippen LogP contribution < -0.4 is 5.32 Å². The Morgan fingerprint density at radius 3 is 2.88 bits per heavy atom. The third kappa shape index (κ3) is 2.39. The Balaban J connectivity index is 2.12. The monoisotopic (exact) mass is 243 g/mol. The van der Waals surface area contributed by atoms with Gasteiger partial charge in [-0.25, -0.2) is 0 Å². The zero-order valence-electron chi connectivity index (χ0n) is 9.49. The van der Waals surface area contributed by atoms with Gasteiger partial charge >= 0.3 is 0 Å². The first-order valence-electron chi connectivity index (χ1n) is 5.74. The molecule has 1 heterocycles. The van der Waals surface area contributed by atoms with Crippen molar-refractivity contribution in [1.82, 2.24) is 15.1 Å². The Kier molecular flexibility index (Phi) is 3.52. The van der Waals surface area contributed by atoms with Crippen molar-refractivity contribution in [2.75, 3.05) is 13.2 Å². The van der Waals surface area contributed by atoms with E-state index in [9.17, 15) is 5.11 Å². The highest BCUT2D eigenvalue weighted by Crippen LogP contribution is 2.40. The van der Waals surface area contributed by atoms with E-state index in [1.807, 2.05) is 0 Å². The van der Waals surface area contributed by atoms with Crippen LogP contribution in [0.5, 0.6) is 0 Å². The molecular weight excluding hydrogens is 226 g/mol. The molecule has 1 aliphatic carbocycles. The van der Waals surface area contributed by atoms with Crippen LogP contribution >= 0.6 is 11.6 Å². The van der Waals surface area contributed by atoms with Crippen molar-refractivity contribution in [2.24, 2.45) is 5.92 Å². The lowest BCUT2D eigenvalue weighted by atomic mass is 9.94. The lowest BCUT2D eigenvalue weighted by Gasteiger charge is -2.33. The summed E-state index contributed by atoms with van der Waals surface area (Å²) >= 11 is 5.84. The molecule has 0 aliphatic heterocycles. The van der Waals surface area contributed by atoms with E-state index in [1.54, 1.807) is 17.1 Å². The van der Waals surface area contributed by atoms with E-state index in [0.717, 1.165) is 6.54 Å². The van der Waals surface area contributed by atoms with Crippen LogP contribution in [-0.2, 0) is 6.54 Å². The molecule has 1 aromatic rings. The van der Waals surface area contributed by atoms with Gasteiger partial charge in [-0.2, -0.15) is 5.10 Å². The van der Waals surface area contributed by atoms with Crippen LogP contribution in [0.2, 0.25) is 5.02 Å². The van der Waals surface area contributed by atoms with Crippen molar-refractivity contribution < 1.29 is 5.11 Å². The van der Waals surface area contributed by atoms with Crippen LogP contribution in [-0.4, -0.2) is 33.6 Å². The van der Waals surface area contributed by atoms with E-state index in [-0.39, 0.29) is 12.1 Å². The first-order valence-corrected chi connectivity index (χ1v) is 6.12. The predicted octanol–water partition coefficient (Wildman–Crippen LogP) is 1.29. The normalized spacial score (nSPS) is 19.7. The molecule has 1 atom stereocenters. The summed E-state index contributed by atoms with van der Waals surface area (Å²) in [5.74, 6) is 0.556. The van der Waals surface area contributed by atoms with Crippen LogP contribution in [0.3, 0.4) is 0 Å². The van der Waals surface area contributed by atoms with E-state index in [2.05, 4.69) is 17.3 Å². The van der Waals surface area contributed by atoms with Crippen LogP contribution in [0.1, 0.15) is 19.8 Å². The number of likely N-dealkylation sites (N-methyl/N-ethyl adjacent to an activating group) is 1. The minimum absolute atomic E-state index is 0.142. The smallest absolute Gasteiger partial charge is 0.0785 e. The second kappa shape index (κ2) is 4.73. The fourth-order valence-corrected chi connectivity index (χ4v) is 2.42. The van der Waals surface area contributed by atoms with Crippen LogP contribution in [0.4, 0.5) is 0 Å². The number of aromatic nitrogens is 2. The summed E-state index contributed by atoms with van der Waals surface area (Å²) < 4.78 is 1.81. The Bertz CT molecular complexity index is 351. The van der Waals surface area contributed by atoms with Gasteiger partial charge in [0.25, 0.3) is 0 Å². The number of aliphatic hydroxyl groups excluding tert-OH is 1.